The Bertz CT molecular complexity index is 779. The number of hydrogen-bond acceptors (Lipinski definition) is 3. The molecule has 27 heavy (non-hydrogen) atoms. The van der Waals surface area contributed by atoms with Crippen LogP contribution in [0.2, 0.25) is 0 Å². The fourth-order valence-corrected chi connectivity index (χ4v) is 3.30. The molecule has 0 bridgehead atoms. The summed E-state index contributed by atoms with van der Waals surface area (Å²) in [5.74, 6) is -0.0746. The van der Waals surface area contributed by atoms with Crippen molar-refractivity contribution in [3.05, 3.63) is 65.7 Å². The summed E-state index contributed by atoms with van der Waals surface area (Å²) in [5, 5.41) is 14.9. The van der Waals surface area contributed by atoms with Crippen LogP contribution in [0, 0.1) is 0 Å². The molecule has 0 spiro atoms. The molecule has 0 aliphatic carbocycles. The molecule has 0 saturated carbocycles. The van der Waals surface area contributed by atoms with Crippen LogP contribution in [0.25, 0.3) is 0 Å². The van der Waals surface area contributed by atoms with Crippen LogP contribution in [0.3, 0.4) is 0 Å². The first kappa shape index (κ1) is 18.8. The molecule has 1 heterocycles. The minimum absolute atomic E-state index is 0.0118. The monoisotopic (exact) mass is 368 g/mol. The van der Waals surface area contributed by atoms with Gasteiger partial charge in [0.2, 0.25) is 0 Å². The second kappa shape index (κ2) is 9.07. The van der Waals surface area contributed by atoms with Crippen LogP contribution in [0.4, 0.5) is 4.79 Å². The van der Waals surface area contributed by atoms with Gasteiger partial charge in [0.05, 0.1) is 12.6 Å². The molecule has 0 fully saturated rings. The molecule has 0 saturated heterocycles. The molecule has 6 nitrogen and oxygen atoms in total. The summed E-state index contributed by atoms with van der Waals surface area (Å²) in [7, 11) is 0. The summed E-state index contributed by atoms with van der Waals surface area (Å²) in [6.07, 6.45) is 1.68. The predicted octanol–water partition coefficient (Wildman–Crippen LogP) is 3.29. The van der Waals surface area contributed by atoms with Gasteiger partial charge in [-0.3, -0.25) is 4.79 Å². The van der Waals surface area contributed by atoms with E-state index in [0.29, 0.717) is 25.9 Å². The average molecular weight is 368 g/mol. The van der Waals surface area contributed by atoms with Crippen LogP contribution >= 0.6 is 0 Å². The number of nitrogens with one attached hydrogen (secondary N) is 2. The normalized spacial score (nSPS) is 16.5. The Balaban J connectivity index is 1.62. The minimum Gasteiger partial charge on any atom is -0.493 e. The first-order chi connectivity index (χ1) is 13.1. The third-order valence-electron chi connectivity index (χ3n) is 4.63. The molecule has 6 heteroatoms. The van der Waals surface area contributed by atoms with Gasteiger partial charge in [-0.1, -0.05) is 48.5 Å². The molecule has 1 aliphatic heterocycles. The molecule has 3 N–H and O–H groups in total. The van der Waals surface area contributed by atoms with Gasteiger partial charge in [0.15, 0.2) is 0 Å². The van der Waals surface area contributed by atoms with E-state index in [1.165, 1.54) is 0 Å². The van der Waals surface area contributed by atoms with Crippen molar-refractivity contribution in [2.45, 2.75) is 37.8 Å². The fourth-order valence-electron chi connectivity index (χ4n) is 3.30. The number of hydrogen-bond donors (Lipinski definition) is 3. The van der Waals surface area contributed by atoms with Crippen molar-refractivity contribution < 1.29 is 19.4 Å². The van der Waals surface area contributed by atoms with Gasteiger partial charge >= 0.3 is 12.0 Å². The first-order valence-electron chi connectivity index (χ1n) is 9.16. The van der Waals surface area contributed by atoms with Gasteiger partial charge in [-0.25, -0.2) is 4.79 Å². The molecule has 1 aliphatic rings. The maximum absolute atomic E-state index is 12.6. The number of carboxylic acid groups (broad SMARTS) is 1. The van der Waals surface area contributed by atoms with Crippen molar-refractivity contribution in [3.8, 4) is 5.75 Å². The number of para-hydroxylation sites is 1. The lowest BCUT2D eigenvalue weighted by molar-refractivity contribution is -0.137. The Morgan fingerprint density at radius 2 is 1.85 bits per heavy atom. The van der Waals surface area contributed by atoms with Crippen LogP contribution in [0.5, 0.6) is 5.75 Å². The van der Waals surface area contributed by atoms with Crippen LogP contribution in [0.15, 0.2) is 54.6 Å². The van der Waals surface area contributed by atoms with Crippen LogP contribution in [-0.2, 0) is 11.2 Å². The molecule has 2 aromatic carbocycles. The summed E-state index contributed by atoms with van der Waals surface area (Å²) in [4.78, 5) is 23.5. The van der Waals surface area contributed by atoms with E-state index in [1.54, 1.807) is 0 Å². The van der Waals surface area contributed by atoms with Crippen molar-refractivity contribution in [3.63, 3.8) is 0 Å². The van der Waals surface area contributed by atoms with Crippen molar-refractivity contribution >= 4 is 12.0 Å². The molecule has 2 atom stereocenters. The highest BCUT2D eigenvalue weighted by Gasteiger charge is 2.23. The Labute approximate surface area is 158 Å². The smallest absolute Gasteiger partial charge is 0.315 e. The maximum Gasteiger partial charge on any atom is 0.315 e. The molecule has 3 rings (SSSR count). The predicted molar refractivity (Wildman–Crippen MR) is 102 cm³/mol. The standard InChI is InChI=1S/C21H24N2O4/c24-20(25)11-10-16(14-15-6-2-1-3-7-15)22-21(26)23-18-12-13-27-19-9-5-4-8-17(18)19/h1-9,16,18H,10-14H2,(H,24,25)(H2,22,23,26). The Hall–Kier alpha value is -3.02. The van der Waals surface area contributed by atoms with Crippen molar-refractivity contribution in [2.24, 2.45) is 0 Å². The number of carbonyl (C=O) groups excluding carboxylic acids is 1. The van der Waals surface area contributed by atoms with E-state index in [9.17, 15) is 9.59 Å². The van der Waals surface area contributed by atoms with Gasteiger partial charge in [-0.05, 0) is 24.5 Å². The maximum atomic E-state index is 12.6. The lowest BCUT2D eigenvalue weighted by Gasteiger charge is -2.27. The lowest BCUT2D eigenvalue weighted by Crippen LogP contribution is -2.45. The highest BCUT2D eigenvalue weighted by Crippen LogP contribution is 2.31. The Kier molecular flexibility index (Phi) is 6.30. The molecule has 2 aromatic rings. The number of carbonyl (C=O) groups is 2. The Morgan fingerprint density at radius 1 is 1.11 bits per heavy atom. The molecular formula is C21H24N2O4. The van der Waals surface area contributed by atoms with Gasteiger partial charge in [0.25, 0.3) is 0 Å². The largest absolute Gasteiger partial charge is 0.493 e. The zero-order valence-corrected chi connectivity index (χ0v) is 15.1. The van der Waals surface area contributed by atoms with E-state index in [2.05, 4.69) is 10.6 Å². The summed E-state index contributed by atoms with van der Waals surface area (Å²) in [6, 6.07) is 16.8. The van der Waals surface area contributed by atoms with E-state index in [-0.39, 0.29) is 24.5 Å². The summed E-state index contributed by atoms with van der Waals surface area (Å²) >= 11 is 0. The van der Waals surface area contributed by atoms with E-state index in [1.807, 2.05) is 54.6 Å². The molecule has 0 radical (unpaired) electrons. The summed E-state index contributed by atoms with van der Waals surface area (Å²) < 4.78 is 5.62. The van der Waals surface area contributed by atoms with Crippen molar-refractivity contribution in [2.75, 3.05) is 6.61 Å². The van der Waals surface area contributed by atoms with E-state index in [4.69, 9.17) is 9.84 Å². The number of benzene rings is 2. The lowest BCUT2D eigenvalue weighted by atomic mass is 10.0. The third kappa shape index (κ3) is 5.48. The summed E-state index contributed by atoms with van der Waals surface area (Å²) in [6.45, 7) is 0.550. The zero-order chi connectivity index (χ0) is 19.1. The van der Waals surface area contributed by atoms with Crippen molar-refractivity contribution in [1.82, 2.24) is 10.6 Å². The number of fused-ring (bicyclic) bond motifs is 1. The van der Waals surface area contributed by atoms with Gasteiger partial charge in [-0.2, -0.15) is 0 Å². The number of urea groups is 1. The van der Waals surface area contributed by atoms with Gasteiger partial charge in [0.1, 0.15) is 5.75 Å². The first-order valence-corrected chi connectivity index (χ1v) is 9.16. The van der Waals surface area contributed by atoms with Crippen molar-refractivity contribution in [1.29, 1.82) is 0 Å². The SMILES string of the molecule is O=C(O)CCC(Cc1ccccc1)NC(=O)NC1CCOc2ccccc21. The Morgan fingerprint density at radius 3 is 2.63 bits per heavy atom. The minimum atomic E-state index is -0.867. The van der Waals surface area contributed by atoms with Gasteiger partial charge in [-0.15, -0.1) is 0 Å². The topological polar surface area (TPSA) is 87.7 Å². The number of carboxylic acids is 1. The number of aliphatic carboxylic acids is 1. The van der Waals surface area contributed by atoms with Gasteiger partial charge < -0.3 is 20.5 Å². The van der Waals surface area contributed by atoms with Gasteiger partial charge in [0, 0.05) is 24.4 Å². The van der Waals surface area contributed by atoms with E-state index in [0.717, 1.165) is 16.9 Å². The van der Waals surface area contributed by atoms with Crippen LogP contribution in [-0.4, -0.2) is 29.8 Å². The number of amides is 2. The molecule has 2 amide bonds. The highest BCUT2D eigenvalue weighted by atomic mass is 16.5. The molecule has 142 valence electrons. The molecule has 0 aromatic heterocycles. The average Bonchev–Trinajstić information content (AvgIpc) is 2.67. The van der Waals surface area contributed by atoms with E-state index >= 15 is 0 Å². The number of rotatable bonds is 7. The quantitative estimate of drug-likeness (QED) is 0.700. The third-order valence-corrected chi connectivity index (χ3v) is 4.63. The van der Waals surface area contributed by atoms with Crippen LogP contribution < -0.4 is 15.4 Å². The second-order valence-electron chi connectivity index (χ2n) is 6.66. The number of ether oxygens (including phenoxy) is 1. The van der Waals surface area contributed by atoms with Crippen LogP contribution in [0.1, 0.15) is 36.4 Å². The highest BCUT2D eigenvalue weighted by molar-refractivity contribution is 5.75. The second-order valence-corrected chi connectivity index (χ2v) is 6.66. The zero-order valence-electron chi connectivity index (χ0n) is 15.1. The summed E-state index contributed by atoms with van der Waals surface area (Å²) in [5.41, 5.74) is 2.02. The molecular weight excluding hydrogens is 344 g/mol. The fraction of sp³-hybridized carbons (Fsp3) is 0.333. The molecule has 2 unspecified atom stereocenters. The van der Waals surface area contributed by atoms with E-state index < -0.39 is 5.97 Å².